The molecule has 0 aliphatic rings. The summed E-state index contributed by atoms with van der Waals surface area (Å²) in [6, 6.07) is 18.6. The van der Waals surface area contributed by atoms with Gasteiger partial charge in [-0.1, -0.05) is 42.5 Å². The van der Waals surface area contributed by atoms with E-state index in [1.807, 2.05) is 54.1 Å². The van der Waals surface area contributed by atoms with Gasteiger partial charge in [-0.3, -0.25) is 9.59 Å². The summed E-state index contributed by atoms with van der Waals surface area (Å²) in [4.78, 5) is 24.9. The number of para-hydroxylation sites is 1. The number of anilines is 1. The molecule has 2 amide bonds. The van der Waals surface area contributed by atoms with E-state index in [0.717, 1.165) is 11.1 Å². The molecule has 0 aliphatic heterocycles. The number of thiophene rings is 1. The Morgan fingerprint density at radius 2 is 1.73 bits per heavy atom. The summed E-state index contributed by atoms with van der Waals surface area (Å²) in [5.74, 6) is -0.354. The van der Waals surface area contributed by atoms with Crippen molar-refractivity contribution in [3.05, 3.63) is 88.1 Å². The minimum absolute atomic E-state index is 0.127. The fourth-order valence-electron chi connectivity index (χ4n) is 2.66. The molecule has 2 N–H and O–H groups in total. The van der Waals surface area contributed by atoms with Crippen molar-refractivity contribution in [2.45, 2.75) is 19.4 Å². The highest BCUT2D eigenvalue weighted by molar-refractivity contribution is 7.08. The highest BCUT2D eigenvalue weighted by Crippen LogP contribution is 2.18. The van der Waals surface area contributed by atoms with Gasteiger partial charge < -0.3 is 10.6 Å². The number of benzene rings is 2. The van der Waals surface area contributed by atoms with E-state index in [0.29, 0.717) is 17.7 Å². The van der Waals surface area contributed by atoms with Crippen LogP contribution in [0.2, 0.25) is 0 Å². The Balaban J connectivity index is 1.70. The molecule has 132 valence electrons. The first-order valence-corrected chi connectivity index (χ1v) is 9.33. The van der Waals surface area contributed by atoms with Gasteiger partial charge in [0.1, 0.15) is 0 Å². The summed E-state index contributed by atoms with van der Waals surface area (Å²) in [6.45, 7) is 1.94. The third-order valence-electron chi connectivity index (χ3n) is 4.04. The van der Waals surface area contributed by atoms with E-state index in [4.69, 9.17) is 0 Å². The normalized spacial score (nSPS) is 11.6. The van der Waals surface area contributed by atoms with Gasteiger partial charge in [-0.15, -0.1) is 0 Å². The Bertz CT molecular complexity index is 876. The molecule has 0 fully saturated rings. The lowest BCUT2D eigenvalue weighted by atomic mass is 10.1. The summed E-state index contributed by atoms with van der Waals surface area (Å²) in [7, 11) is 0. The molecule has 0 saturated heterocycles. The maximum atomic E-state index is 12.7. The standard InChI is InChI=1S/C21H20N2O2S/c1-15(17-7-3-2-4-8-17)22-21(25)18-9-5-6-10-19(18)23-20(24)13-16-11-12-26-14-16/h2-12,14-15H,13H2,1H3,(H,22,25)(H,23,24). The molecule has 0 aliphatic carbocycles. The minimum Gasteiger partial charge on any atom is -0.345 e. The van der Waals surface area contributed by atoms with Gasteiger partial charge in [-0.25, -0.2) is 0 Å². The number of carbonyl (C=O) groups excluding carboxylic acids is 2. The van der Waals surface area contributed by atoms with Gasteiger partial charge in [0.2, 0.25) is 5.91 Å². The maximum Gasteiger partial charge on any atom is 0.253 e. The van der Waals surface area contributed by atoms with Crippen molar-refractivity contribution in [3.8, 4) is 0 Å². The van der Waals surface area contributed by atoms with Crippen LogP contribution in [0.5, 0.6) is 0 Å². The van der Waals surface area contributed by atoms with Crippen LogP contribution in [-0.4, -0.2) is 11.8 Å². The van der Waals surface area contributed by atoms with E-state index in [-0.39, 0.29) is 17.9 Å². The van der Waals surface area contributed by atoms with E-state index in [1.54, 1.807) is 35.6 Å². The maximum absolute atomic E-state index is 12.7. The first-order chi connectivity index (χ1) is 12.6. The fourth-order valence-corrected chi connectivity index (χ4v) is 3.33. The number of rotatable bonds is 6. The van der Waals surface area contributed by atoms with E-state index < -0.39 is 0 Å². The molecule has 1 atom stereocenters. The van der Waals surface area contributed by atoms with Crippen LogP contribution >= 0.6 is 11.3 Å². The van der Waals surface area contributed by atoms with Crippen molar-refractivity contribution >= 4 is 28.8 Å². The molecule has 26 heavy (non-hydrogen) atoms. The van der Waals surface area contributed by atoms with Crippen molar-refractivity contribution in [3.63, 3.8) is 0 Å². The zero-order chi connectivity index (χ0) is 18.4. The highest BCUT2D eigenvalue weighted by atomic mass is 32.1. The van der Waals surface area contributed by atoms with Gasteiger partial charge in [0.05, 0.1) is 23.7 Å². The third-order valence-corrected chi connectivity index (χ3v) is 4.77. The molecular weight excluding hydrogens is 344 g/mol. The Morgan fingerprint density at radius 3 is 2.46 bits per heavy atom. The van der Waals surface area contributed by atoms with E-state index in [9.17, 15) is 9.59 Å². The Labute approximate surface area is 156 Å². The van der Waals surface area contributed by atoms with Crippen LogP contribution < -0.4 is 10.6 Å². The molecule has 0 spiro atoms. The molecule has 0 bridgehead atoms. The van der Waals surface area contributed by atoms with E-state index >= 15 is 0 Å². The lowest BCUT2D eigenvalue weighted by Gasteiger charge is -2.16. The lowest BCUT2D eigenvalue weighted by Crippen LogP contribution is -2.28. The first kappa shape index (κ1) is 17.9. The summed E-state index contributed by atoms with van der Waals surface area (Å²) in [5, 5.41) is 9.71. The first-order valence-electron chi connectivity index (χ1n) is 8.39. The topological polar surface area (TPSA) is 58.2 Å². The second-order valence-corrected chi connectivity index (χ2v) is 6.79. The molecule has 0 saturated carbocycles. The molecule has 2 aromatic carbocycles. The van der Waals surface area contributed by atoms with Gasteiger partial charge in [-0.05, 0) is 47.0 Å². The number of carbonyl (C=O) groups is 2. The van der Waals surface area contributed by atoms with Gasteiger partial charge in [0.25, 0.3) is 5.91 Å². The van der Waals surface area contributed by atoms with Crippen LogP contribution in [-0.2, 0) is 11.2 Å². The van der Waals surface area contributed by atoms with Crippen molar-refractivity contribution in [1.82, 2.24) is 5.32 Å². The average Bonchev–Trinajstić information content (AvgIpc) is 3.15. The van der Waals surface area contributed by atoms with Crippen molar-refractivity contribution < 1.29 is 9.59 Å². The molecule has 1 aromatic heterocycles. The summed E-state index contributed by atoms with van der Waals surface area (Å²) >= 11 is 1.56. The van der Waals surface area contributed by atoms with Crippen LogP contribution in [0.3, 0.4) is 0 Å². The minimum atomic E-state index is -0.215. The average molecular weight is 364 g/mol. The summed E-state index contributed by atoms with van der Waals surface area (Å²) in [5.41, 5.74) is 2.96. The molecule has 3 rings (SSSR count). The van der Waals surface area contributed by atoms with Crippen LogP contribution in [0.25, 0.3) is 0 Å². The third kappa shape index (κ3) is 4.58. The van der Waals surface area contributed by atoms with Crippen molar-refractivity contribution in [1.29, 1.82) is 0 Å². The largest absolute Gasteiger partial charge is 0.345 e. The SMILES string of the molecule is CC(NC(=O)c1ccccc1NC(=O)Cc1ccsc1)c1ccccc1. The molecule has 5 heteroatoms. The predicted molar refractivity (Wildman–Crippen MR) is 105 cm³/mol. The highest BCUT2D eigenvalue weighted by Gasteiger charge is 2.16. The summed E-state index contributed by atoms with van der Waals surface area (Å²) in [6.07, 6.45) is 0.292. The fraction of sp³-hybridized carbons (Fsp3) is 0.143. The Hall–Kier alpha value is -2.92. The van der Waals surface area contributed by atoms with Crippen molar-refractivity contribution in [2.24, 2.45) is 0 Å². The lowest BCUT2D eigenvalue weighted by molar-refractivity contribution is -0.115. The van der Waals surface area contributed by atoms with Gasteiger partial charge in [-0.2, -0.15) is 11.3 Å². The zero-order valence-corrected chi connectivity index (χ0v) is 15.3. The van der Waals surface area contributed by atoms with Gasteiger partial charge >= 0.3 is 0 Å². The molecule has 3 aromatic rings. The van der Waals surface area contributed by atoms with Crippen LogP contribution in [0, 0.1) is 0 Å². The number of amides is 2. The smallest absolute Gasteiger partial charge is 0.253 e. The monoisotopic (exact) mass is 364 g/mol. The van der Waals surface area contributed by atoms with Gasteiger partial charge in [0, 0.05) is 0 Å². The van der Waals surface area contributed by atoms with Crippen molar-refractivity contribution in [2.75, 3.05) is 5.32 Å². The quantitative estimate of drug-likeness (QED) is 0.680. The Morgan fingerprint density at radius 1 is 1.00 bits per heavy atom. The number of hydrogen-bond donors (Lipinski definition) is 2. The van der Waals surface area contributed by atoms with Crippen LogP contribution in [0.15, 0.2) is 71.4 Å². The predicted octanol–water partition coefficient (Wildman–Crippen LogP) is 4.42. The number of nitrogens with one attached hydrogen (secondary N) is 2. The number of hydrogen-bond acceptors (Lipinski definition) is 3. The van der Waals surface area contributed by atoms with Gasteiger partial charge in [0.15, 0.2) is 0 Å². The molecule has 1 unspecified atom stereocenters. The van der Waals surface area contributed by atoms with Crippen LogP contribution in [0.4, 0.5) is 5.69 Å². The summed E-state index contributed by atoms with van der Waals surface area (Å²) < 4.78 is 0. The van der Waals surface area contributed by atoms with E-state index in [2.05, 4.69) is 10.6 Å². The zero-order valence-electron chi connectivity index (χ0n) is 14.4. The second-order valence-electron chi connectivity index (χ2n) is 6.01. The second kappa shape index (κ2) is 8.45. The molecule has 4 nitrogen and oxygen atoms in total. The molecular formula is C21H20N2O2S. The Kier molecular flexibility index (Phi) is 5.81. The molecule has 1 heterocycles. The van der Waals surface area contributed by atoms with E-state index in [1.165, 1.54) is 0 Å². The molecule has 0 radical (unpaired) electrons. The van der Waals surface area contributed by atoms with Crippen LogP contribution in [0.1, 0.15) is 34.5 Å².